The van der Waals surface area contributed by atoms with Gasteiger partial charge in [0.25, 0.3) is 0 Å². The quantitative estimate of drug-likeness (QED) is 0.836. The fourth-order valence-corrected chi connectivity index (χ4v) is 1.98. The third-order valence-corrected chi connectivity index (χ3v) is 3.02. The summed E-state index contributed by atoms with van der Waals surface area (Å²) in [6.07, 6.45) is 4.30. The first-order chi connectivity index (χ1) is 8.22. The Labute approximate surface area is 98.0 Å². The molecule has 1 aromatic heterocycles. The van der Waals surface area contributed by atoms with Gasteiger partial charge in [-0.05, 0) is 36.6 Å². The van der Waals surface area contributed by atoms with E-state index in [9.17, 15) is 9.18 Å². The van der Waals surface area contributed by atoms with Crippen LogP contribution in [0.3, 0.4) is 0 Å². The van der Waals surface area contributed by atoms with Crippen LogP contribution < -0.4 is 5.32 Å². The summed E-state index contributed by atoms with van der Waals surface area (Å²) in [5.74, 6) is -0.231. The van der Waals surface area contributed by atoms with Crippen molar-refractivity contribution in [1.82, 2.24) is 10.3 Å². The van der Waals surface area contributed by atoms with Crippen molar-refractivity contribution >= 4 is 16.8 Å². The molecule has 17 heavy (non-hydrogen) atoms. The molecule has 1 aliphatic rings. The normalized spacial score (nSPS) is 15.1. The molecule has 2 N–H and O–H groups in total. The molecule has 1 heterocycles. The van der Waals surface area contributed by atoms with Crippen molar-refractivity contribution in [2.45, 2.75) is 25.3 Å². The number of hydrogen-bond donors (Lipinski definition) is 2. The molecule has 1 aliphatic carbocycles. The van der Waals surface area contributed by atoms with E-state index >= 15 is 0 Å². The van der Waals surface area contributed by atoms with Crippen LogP contribution in [0.4, 0.5) is 4.39 Å². The Balaban J connectivity index is 1.82. The van der Waals surface area contributed by atoms with Crippen LogP contribution in [0.25, 0.3) is 10.9 Å². The van der Waals surface area contributed by atoms with Crippen molar-refractivity contribution in [2.75, 3.05) is 0 Å². The Hall–Kier alpha value is -1.84. The van der Waals surface area contributed by atoms with E-state index in [1.165, 1.54) is 12.1 Å². The molecule has 0 bridgehead atoms. The number of rotatable bonds is 3. The molecule has 1 aromatic carbocycles. The number of fused-ring (bicyclic) bond motifs is 1. The maximum atomic E-state index is 13.0. The molecule has 88 valence electrons. The van der Waals surface area contributed by atoms with Crippen LogP contribution in [0.1, 0.15) is 18.4 Å². The number of H-pyrrole nitrogens is 1. The maximum Gasteiger partial charge on any atom is 0.224 e. The van der Waals surface area contributed by atoms with E-state index < -0.39 is 0 Å². The highest BCUT2D eigenvalue weighted by molar-refractivity contribution is 5.89. The van der Waals surface area contributed by atoms with E-state index in [4.69, 9.17) is 0 Å². The summed E-state index contributed by atoms with van der Waals surface area (Å²) in [5.41, 5.74) is 1.65. The molecular weight excluding hydrogens is 219 g/mol. The first-order valence-corrected chi connectivity index (χ1v) is 5.77. The number of carbonyl (C=O) groups is 1. The minimum absolute atomic E-state index is 0.0396. The Morgan fingerprint density at radius 1 is 1.47 bits per heavy atom. The molecule has 3 nitrogen and oxygen atoms in total. The molecular formula is C13H13FN2O. The van der Waals surface area contributed by atoms with Gasteiger partial charge < -0.3 is 10.3 Å². The number of carbonyl (C=O) groups excluding carboxylic acids is 1. The van der Waals surface area contributed by atoms with E-state index in [-0.39, 0.29) is 11.7 Å². The fourth-order valence-electron chi connectivity index (χ4n) is 1.98. The zero-order valence-corrected chi connectivity index (χ0v) is 9.29. The van der Waals surface area contributed by atoms with Crippen molar-refractivity contribution in [2.24, 2.45) is 0 Å². The second-order valence-corrected chi connectivity index (χ2v) is 4.52. The summed E-state index contributed by atoms with van der Waals surface area (Å²) in [5, 5.41) is 3.86. The van der Waals surface area contributed by atoms with Crippen LogP contribution in [0.5, 0.6) is 0 Å². The largest absolute Gasteiger partial charge is 0.361 e. The lowest BCUT2D eigenvalue weighted by Crippen LogP contribution is -2.26. The summed E-state index contributed by atoms with van der Waals surface area (Å²) in [7, 11) is 0. The number of aromatic nitrogens is 1. The topological polar surface area (TPSA) is 44.9 Å². The van der Waals surface area contributed by atoms with Gasteiger partial charge in [-0.3, -0.25) is 4.79 Å². The van der Waals surface area contributed by atoms with Gasteiger partial charge in [0.15, 0.2) is 0 Å². The summed E-state index contributed by atoms with van der Waals surface area (Å²) >= 11 is 0. The highest BCUT2D eigenvalue weighted by Gasteiger charge is 2.23. The maximum absolute atomic E-state index is 13.0. The van der Waals surface area contributed by atoms with E-state index in [0.29, 0.717) is 12.5 Å². The standard InChI is InChI=1S/C13H13FN2O/c14-9-1-4-11-8(7-15-12(11)6-9)5-13(17)16-10-2-3-10/h1,4,6-7,10,15H,2-3,5H2,(H,16,17). The van der Waals surface area contributed by atoms with Crippen LogP contribution in [0, 0.1) is 5.82 Å². The number of nitrogens with one attached hydrogen (secondary N) is 2. The Kier molecular flexibility index (Phi) is 2.35. The monoisotopic (exact) mass is 232 g/mol. The molecule has 0 spiro atoms. The van der Waals surface area contributed by atoms with E-state index in [1.807, 2.05) is 0 Å². The number of hydrogen-bond acceptors (Lipinski definition) is 1. The predicted octanol–water partition coefficient (Wildman–Crippen LogP) is 2.13. The van der Waals surface area contributed by atoms with Crippen LogP contribution in [-0.4, -0.2) is 16.9 Å². The predicted molar refractivity (Wildman–Crippen MR) is 63.1 cm³/mol. The van der Waals surface area contributed by atoms with Gasteiger partial charge >= 0.3 is 0 Å². The summed E-state index contributed by atoms with van der Waals surface area (Å²) in [6.45, 7) is 0. The molecule has 2 aromatic rings. The van der Waals surface area contributed by atoms with Gasteiger partial charge in [-0.25, -0.2) is 4.39 Å². The Morgan fingerprint density at radius 2 is 2.29 bits per heavy atom. The highest BCUT2D eigenvalue weighted by atomic mass is 19.1. The summed E-state index contributed by atoms with van der Waals surface area (Å²) in [6, 6.07) is 4.95. The zero-order valence-electron chi connectivity index (χ0n) is 9.29. The smallest absolute Gasteiger partial charge is 0.224 e. The molecule has 0 aliphatic heterocycles. The van der Waals surface area contributed by atoms with Gasteiger partial charge in [0.1, 0.15) is 5.82 Å². The lowest BCUT2D eigenvalue weighted by Gasteiger charge is -2.01. The van der Waals surface area contributed by atoms with Crippen LogP contribution >= 0.6 is 0 Å². The van der Waals surface area contributed by atoms with Gasteiger partial charge in [0.2, 0.25) is 5.91 Å². The van der Waals surface area contributed by atoms with E-state index in [1.54, 1.807) is 12.3 Å². The van der Waals surface area contributed by atoms with Gasteiger partial charge in [0.05, 0.1) is 6.42 Å². The molecule has 0 atom stereocenters. The van der Waals surface area contributed by atoms with E-state index in [2.05, 4.69) is 10.3 Å². The minimum Gasteiger partial charge on any atom is -0.361 e. The number of amides is 1. The van der Waals surface area contributed by atoms with Crippen molar-refractivity contribution in [3.05, 3.63) is 35.8 Å². The molecule has 1 saturated carbocycles. The van der Waals surface area contributed by atoms with Crippen LogP contribution in [0.15, 0.2) is 24.4 Å². The average molecular weight is 232 g/mol. The molecule has 0 saturated heterocycles. The number of aromatic amines is 1. The van der Waals surface area contributed by atoms with Gasteiger partial charge in [-0.2, -0.15) is 0 Å². The van der Waals surface area contributed by atoms with Crippen molar-refractivity contribution < 1.29 is 9.18 Å². The zero-order chi connectivity index (χ0) is 11.8. The molecule has 3 rings (SSSR count). The first-order valence-electron chi connectivity index (χ1n) is 5.77. The molecule has 0 unspecified atom stereocenters. The van der Waals surface area contributed by atoms with Crippen molar-refractivity contribution in [3.8, 4) is 0 Å². The summed E-state index contributed by atoms with van der Waals surface area (Å²) in [4.78, 5) is 14.7. The molecule has 1 amide bonds. The first kappa shape index (κ1) is 10.3. The van der Waals surface area contributed by atoms with Gasteiger partial charge in [0, 0.05) is 23.1 Å². The fraction of sp³-hybridized carbons (Fsp3) is 0.308. The summed E-state index contributed by atoms with van der Waals surface area (Å²) < 4.78 is 13.0. The SMILES string of the molecule is O=C(Cc1c[nH]c2cc(F)ccc12)NC1CC1. The Morgan fingerprint density at radius 3 is 3.06 bits per heavy atom. The third kappa shape index (κ3) is 2.16. The second kappa shape index (κ2) is 3.87. The van der Waals surface area contributed by atoms with E-state index in [0.717, 1.165) is 29.3 Å². The second-order valence-electron chi connectivity index (χ2n) is 4.52. The third-order valence-electron chi connectivity index (χ3n) is 3.02. The number of benzene rings is 1. The molecule has 0 radical (unpaired) electrons. The molecule has 4 heteroatoms. The number of halogens is 1. The van der Waals surface area contributed by atoms with Gasteiger partial charge in [-0.15, -0.1) is 0 Å². The van der Waals surface area contributed by atoms with Crippen LogP contribution in [-0.2, 0) is 11.2 Å². The lowest BCUT2D eigenvalue weighted by molar-refractivity contribution is -0.120. The van der Waals surface area contributed by atoms with Crippen molar-refractivity contribution in [3.63, 3.8) is 0 Å². The molecule has 1 fully saturated rings. The lowest BCUT2D eigenvalue weighted by atomic mass is 10.1. The highest BCUT2D eigenvalue weighted by Crippen LogP contribution is 2.21. The van der Waals surface area contributed by atoms with Gasteiger partial charge in [-0.1, -0.05) is 0 Å². The van der Waals surface area contributed by atoms with Crippen LogP contribution in [0.2, 0.25) is 0 Å². The average Bonchev–Trinajstić information content (AvgIpc) is 3.01. The minimum atomic E-state index is -0.270. The Bertz CT molecular complexity index is 572. The van der Waals surface area contributed by atoms with Crippen molar-refractivity contribution in [1.29, 1.82) is 0 Å².